The summed E-state index contributed by atoms with van der Waals surface area (Å²) in [7, 11) is 0. The Hall–Kier alpha value is -1.38. The van der Waals surface area contributed by atoms with Gasteiger partial charge in [0.1, 0.15) is 0 Å². The van der Waals surface area contributed by atoms with Gasteiger partial charge in [-0.15, -0.1) is 0 Å². The first-order chi connectivity index (χ1) is 12.6. The maximum absolute atomic E-state index is 13.2. The fourth-order valence-corrected chi connectivity index (χ4v) is 7.42. The van der Waals surface area contributed by atoms with Crippen molar-refractivity contribution < 1.29 is 14.7 Å². The third kappa shape index (κ3) is 2.53. The first-order valence-corrected chi connectivity index (χ1v) is 10.8. The lowest BCUT2D eigenvalue weighted by atomic mass is 9.51. The van der Waals surface area contributed by atoms with Gasteiger partial charge in [0, 0.05) is 5.92 Å². The molecule has 0 aromatic heterocycles. The van der Waals surface area contributed by atoms with Gasteiger partial charge in [-0.2, -0.15) is 0 Å². The third-order valence-electron chi connectivity index (χ3n) is 8.61. The van der Waals surface area contributed by atoms with Gasteiger partial charge < -0.3 is 5.11 Å². The molecule has 5 aliphatic carbocycles. The van der Waals surface area contributed by atoms with Crippen LogP contribution >= 0.6 is 0 Å². The molecular formula is C23H30O3. The summed E-state index contributed by atoms with van der Waals surface area (Å²) in [6, 6.07) is 0. The maximum Gasteiger partial charge on any atom is 0.306 e. The minimum atomic E-state index is -0.638. The van der Waals surface area contributed by atoms with Crippen molar-refractivity contribution in [3.05, 3.63) is 23.8 Å². The number of rotatable bonds is 1. The lowest BCUT2D eigenvalue weighted by Crippen LogP contribution is -2.48. The Kier molecular flexibility index (Phi) is 4.10. The van der Waals surface area contributed by atoms with Crippen LogP contribution in [0.25, 0.3) is 0 Å². The van der Waals surface area contributed by atoms with Gasteiger partial charge in [0.2, 0.25) is 0 Å². The number of aliphatic carboxylic acids is 1. The van der Waals surface area contributed by atoms with Crippen LogP contribution in [0.4, 0.5) is 0 Å². The summed E-state index contributed by atoms with van der Waals surface area (Å²) in [6.45, 7) is 0. The summed E-state index contributed by atoms with van der Waals surface area (Å²) in [5.41, 5.74) is 1.36. The first-order valence-electron chi connectivity index (χ1n) is 10.8. The average Bonchev–Trinajstić information content (AvgIpc) is 2.67. The Bertz CT molecular complexity index is 675. The van der Waals surface area contributed by atoms with Crippen LogP contribution in [-0.4, -0.2) is 16.9 Å². The predicted octanol–water partition coefficient (Wildman–Crippen LogP) is 4.63. The van der Waals surface area contributed by atoms with Gasteiger partial charge in [0.15, 0.2) is 5.78 Å². The Labute approximate surface area is 155 Å². The zero-order valence-electron chi connectivity index (χ0n) is 15.5. The van der Waals surface area contributed by atoms with Crippen LogP contribution in [0.15, 0.2) is 23.8 Å². The molecule has 3 fully saturated rings. The third-order valence-corrected chi connectivity index (χ3v) is 8.61. The fourth-order valence-electron chi connectivity index (χ4n) is 7.42. The van der Waals surface area contributed by atoms with Crippen LogP contribution in [0.5, 0.6) is 0 Å². The minimum absolute atomic E-state index is 0.206. The number of hydrogen-bond acceptors (Lipinski definition) is 2. The molecule has 0 radical (unpaired) electrons. The Morgan fingerprint density at radius 1 is 0.885 bits per heavy atom. The monoisotopic (exact) mass is 354 g/mol. The molecule has 5 aliphatic rings. The van der Waals surface area contributed by atoms with Crippen LogP contribution in [0.3, 0.4) is 0 Å². The zero-order chi connectivity index (χ0) is 17.8. The van der Waals surface area contributed by atoms with Gasteiger partial charge in [-0.1, -0.05) is 17.7 Å². The van der Waals surface area contributed by atoms with Gasteiger partial charge in [0.25, 0.3) is 0 Å². The molecule has 0 aliphatic heterocycles. The van der Waals surface area contributed by atoms with Gasteiger partial charge in [-0.25, -0.2) is 0 Å². The lowest BCUT2D eigenvalue weighted by molar-refractivity contribution is -0.144. The van der Waals surface area contributed by atoms with Gasteiger partial charge in [0.05, 0.1) is 5.92 Å². The first kappa shape index (κ1) is 16.8. The highest BCUT2D eigenvalue weighted by molar-refractivity contribution is 5.94. The highest BCUT2D eigenvalue weighted by atomic mass is 16.4. The minimum Gasteiger partial charge on any atom is -0.481 e. The normalized spacial score (nSPS) is 47.1. The molecule has 5 rings (SSSR count). The van der Waals surface area contributed by atoms with E-state index in [0.717, 1.165) is 32.1 Å². The quantitative estimate of drug-likeness (QED) is 0.699. The van der Waals surface area contributed by atoms with Gasteiger partial charge >= 0.3 is 5.97 Å². The van der Waals surface area contributed by atoms with Crippen molar-refractivity contribution in [1.29, 1.82) is 0 Å². The number of carboxylic acids is 1. The van der Waals surface area contributed by atoms with E-state index in [-0.39, 0.29) is 11.8 Å². The van der Waals surface area contributed by atoms with Crippen molar-refractivity contribution in [1.82, 2.24) is 0 Å². The highest BCUT2D eigenvalue weighted by Gasteiger charge is 2.52. The molecule has 3 nitrogen and oxygen atoms in total. The van der Waals surface area contributed by atoms with E-state index in [4.69, 9.17) is 0 Å². The maximum atomic E-state index is 13.2. The molecule has 0 aromatic rings. The van der Waals surface area contributed by atoms with Crippen molar-refractivity contribution in [3.8, 4) is 0 Å². The number of ketones is 1. The topological polar surface area (TPSA) is 54.4 Å². The SMILES string of the molecule is O=C(O)C1CCC2CCC3C(=CC(=O)C4C5CC=CCC5CCC34)C2C1. The molecule has 0 spiro atoms. The van der Waals surface area contributed by atoms with Crippen molar-refractivity contribution in [2.75, 3.05) is 0 Å². The molecule has 0 amide bonds. The van der Waals surface area contributed by atoms with E-state index in [0.29, 0.717) is 41.3 Å². The largest absolute Gasteiger partial charge is 0.481 e. The lowest BCUT2D eigenvalue weighted by Gasteiger charge is -2.53. The van der Waals surface area contributed by atoms with E-state index < -0.39 is 5.97 Å². The summed E-state index contributed by atoms with van der Waals surface area (Å²) in [6.07, 6.45) is 16.4. The van der Waals surface area contributed by atoms with E-state index in [1.807, 2.05) is 6.08 Å². The summed E-state index contributed by atoms with van der Waals surface area (Å²) in [5.74, 6) is 3.10. The van der Waals surface area contributed by atoms with Crippen LogP contribution < -0.4 is 0 Å². The van der Waals surface area contributed by atoms with Gasteiger partial charge in [-0.05, 0) is 99.4 Å². The van der Waals surface area contributed by atoms with E-state index in [9.17, 15) is 14.7 Å². The summed E-state index contributed by atoms with van der Waals surface area (Å²) in [5, 5.41) is 9.50. The van der Waals surface area contributed by atoms with Crippen molar-refractivity contribution in [2.45, 2.75) is 57.8 Å². The Balaban J connectivity index is 1.46. The van der Waals surface area contributed by atoms with Crippen LogP contribution in [-0.2, 0) is 9.59 Å². The van der Waals surface area contributed by atoms with Crippen LogP contribution in [0, 0.1) is 47.3 Å². The van der Waals surface area contributed by atoms with Gasteiger partial charge in [-0.3, -0.25) is 9.59 Å². The fraction of sp³-hybridized carbons (Fsp3) is 0.739. The van der Waals surface area contributed by atoms with E-state index in [2.05, 4.69) is 12.2 Å². The molecule has 3 heteroatoms. The number of carboxylic acid groups (broad SMARTS) is 1. The second-order valence-electron chi connectivity index (χ2n) is 9.58. The summed E-state index contributed by atoms with van der Waals surface area (Å²) < 4.78 is 0. The second kappa shape index (κ2) is 6.35. The molecule has 0 bridgehead atoms. The smallest absolute Gasteiger partial charge is 0.306 e. The van der Waals surface area contributed by atoms with Crippen LogP contribution in [0.1, 0.15) is 57.8 Å². The molecule has 0 heterocycles. The Morgan fingerprint density at radius 3 is 2.50 bits per heavy atom. The number of fused-ring (bicyclic) bond motifs is 7. The number of carbonyl (C=O) groups excluding carboxylic acids is 1. The highest BCUT2D eigenvalue weighted by Crippen LogP contribution is 2.57. The molecule has 1 N–H and O–H groups in total. The molecule has 0 saturated heterocycles. The average molecular weight is 354 g/mol. The molecule has 3 saturated carbocycles. The molecular weight excluding hydrogens is 324 g/mol. The molecule has 8 atom stereocenters. The Morgan fingerprint density at radius 2 is 1.65 bits per heavy atom. The second-order valence-corrected chi connectivity index (χ2v) is 9.58. The predicted molar refractivity (Wildman–Crippen MR) is 99.3 cm³/mol. The van der Waals surface area contributed by atoms with Crippen molar-refractivity contribution in [3.63, 3.8) is 0 Å². The standard InChI is InChI=1S/C23H30O3/c24-21-12-20-17(9-7-14-5-6-15(23(25)26)11-19(14)20)18-10-8-13-3-1-2-4-16(13)22(18)21/h1-2,12-19,22H,3-11H2,(H,25,26). The van der Waals surface area contributed by atoms with E-state index in [1.165, 1.54) is 31.3 Å². The van der Waals surface area contributed by atoms with Crippen molar-refractivity contribution >= 4 is 11.8 Å². The van der Waals surface area contributed by atoms with E-state index in [1.54, 1.807) is 0 Å². The number of allylic oxidation sites excluding steroid dienone is 4. The van der Waals surface area contributed by atoms with Crippen LogP contribution in [0.2, 0.25) is 0 Å². The molecule has 140 valence electrons. The molecule has 0 aromatic carbocycles. The summed E-state index contributed by atoms with van der Waals surface area (Å²) >= 11 is 0. The van der Waals surface area contributed by atoms with E-state index >= 15 is 0 Å². The molecule has 26 heavy (non-hydrogen) atoms. The summed E-state index contributed by atoms with van der Waals surface area (Å²) in [4.78, 5) is 24.8. The number of carbonyl (C=O) groups is 2. The van der Waals surface area contributed by atoms with Crippen molar-refractivity contribution in [2.24, 2.45) is 47.3 Å². The number of hydrogen-bond donors (Lipinski definition) is 1. The zero-order valence-corrected chi connectivity index (χ0v) is 15.5. The molecule has 8 unspecified atom stereocenters.